The summed E-state index contributed by atoms with van der Waals surface area (Å²) in [6, 6.07) is 20.6. The molecule has 4 amide bonds. The number of benzene rings is 4. The Morgan fingerprint density at radius 3 is 1.32 bits per heavy atom. The van der Waals surface area contributed by atoms with E-state index >= 15 is 0 Å². The van der Waals surface area contributed by atoms with Gasteiger partial charge in [-0.15, -0.1) is 0 Å². The van der Waals surface area contributed by atoms with Crippen LogP contribution in [0, 0.1) is 0 Å². The lowest BCUT2D eigenvalue weighted by atomic mass is 10.1. The quantitative estimate of drug-likeness (QED) is 0.0198. The van der Waals surface area contributed by atoms with Crippen molar-refractivity contribution in [1.29, 1.82) is 0 Å². The average molecular weight is 1200 g/mol. The number of fused-ring (bicyclic) bond motifs is 2. The topological polar surface area (TPSA) is 191 Å². The van der Waals surface area contributed by atoms with Crippen LogP contribution in [0.4, 0.5) is 15.3 Å². The van der Waals surface area contributed by atoms with Crippen LogP contribution in [-0.2, 0) is 33.8 Å². The van der Waals surface area contributed by atoms with Crippen LogP contribution in [0.2, 0.25) is 20.1 Å². The van der Waals surface area contributed by atoms with E-state index in [1.165, 1.54) is 4.31 Å². The Bertz CT molecular complexity index is 2750. The zero-order valence-corrected chi connectivity index (χ0v) is 50.0. The third kappa shape index (κ3) is 19.2. The fourth-order valence-electron chi connectivity index (χ4n) is 9.94. The SMILES string of the molecule is CN(C)[C@H]1Cc2c(Cl)cc(Cl)cc2[C@@H]1Oc1ccc(N(CCCCCCCCNC(=O)NCCCCNC(=O)NCCCCCCCCNS(=O)(=O)c2ccc(O[C@H]3c4cc(Cl)cc(Cl)c4C[C@@H]3N(C)C)cc2)[SH](=O)=O)cc1. The van der Waals surface area contributed by atoms with Crippen LogP contribution in [0.1, 0.15) is 124 Å². The predicted octanol–water partition coefficient (Wildman–Crippen LogP) is 10.9. The summed E-state index contributed by atoms with van der Waals surface area (Å²) in [5, 5.41) is 13.9. The smallest absolute Gasteiger partial charge is 0.314 e. The number of sulfonamides is 1. The summed E-state index contributed by atoms with van der Waals surface area (Å²) in [6.45, 7) is 2.91. The minimum Gasteiger partial charge on any atom is -0.484 e. The zero-order chi connectivity index (χ0) is 56.2. The predicted molar refractivity (Wildman–Crippen MR) is 315 cm³/mol. The Labute approximate surface area is 484 Å². The first-order chi connectivity index (χ1) is 37.4. The van der Waals surface area contributed by atoms with Crippen LogP contribution >= 0.6 is 46.4 Å². The third-order valence-electron chi connectivity index (χ3n) is 14.3. The summed E-state index contributed by atoms with van der Waals surface area (Å²) < 4.78 is 67.3. The minimum atomic E-state index is -3.67. The van der Waals surface area contributed by atoms with Crippen LogP contribution in [-0.4, -0.2) is 118 Å². The normalized spacial score (nSPS) is 16.8. The van der Waals surface area contributed by atoms with Gasteiger partial charge in [-0.3, -0.25) is 4.31 Å². The molecule has 0 fully saturated rings. The van der Waals surface area contributed by atoms with E-state index in [1.54, 1.807) is 60.7 Å². The molecule has 0 spiro atoms. The molecule has 16 nitrogen and oxygen atoms in total. The number of likely N-dealkylation sites (N-methyl/N-ethyl adjacent to an activating group) is 2. The van der Waals surface area contributed by atoms with Gasteiger partial charge >= 0.3 is 12.1 Å². The number of nitrogens with one attached hydrogen (secondary N) is 5. The van der Waals surface area contributed by atoms with Gasteiger partial charge in [-0.1, -0.05) is 97.8 Å². The van der Waals surface area contributed by atoms with E-state index in [0.29, 0.717) is 76.5 Å². The largest absolute Gasteiger partial charge is 0.484 e. The standard InChI is InChI=1S/C56H78Cl4N8O8S2/c1-66(2)51-37-45-47(33-39(57)35-49(45)59)53(51)75-42-21-19-41(20-22-42)68(77(71)72)32-18-12-8-7-10-14-28-62-56(70)64-30-17-16-29-63-55(69)61-27-13-9-5-6-11-15-31-65-78(73,74)44-25-23-43(24-26-44)76-54-48-34-40(58)36-50(60)46(48)38-52(54)67(3)4/h19-26,33-36,51-54,65,77H,5-18,27-32,37-38H2,1-4H3,(H2,61,63,69)(H2,62,64,70)/t51-,52-,53-,54-/m0/s1. The van der Waals surface area contributed by atoms with Crippen molar-refractivity contribution in [3.05, 3.63) is 115 Å². The molecule has 4 atom stereocenters. The van der Waals surface area contributed by atoms with Gasteiger partial charge in [-0.2, -0.15) is 0 Å². The number of carbonyl (C=O) groups is 2. The molecule has 2 aliphatic rings. The molecule has 78 heavy (non-hydrogen) atoms. The fraction of sp³-hybridized carbons (Fsp3) is 0.536. The second-order valence-electron chi connectivity index (χ2n) is 20.5. The third-order valence-corrected chi connectivity index (χ3v) is 17.7. The Morgan fingerprint density at radius 2 is 0.910 bits per heavy atom. The number of carbonyl (C=O) groups excluding carboxylic acids is 2. The van der Waals surface area contributed by atoms with Gasteiger partial charge in [0.25, 0.3) is 0 Å². The summed E-state index contributed by atoms with van der Waals surface area (Å²) in [5.41, 5.74) is 4.54. The second kappa shape index (κ2) is 31.7. The number of hydrogen-bond donors (Lipinski definition) is 6. The summed E-state index contributed by atoms with van der Waals surface area (Å²) in [7, 11) is 1.51. The molecule has 22 heteroatoms. The lowest BCUT2D eigenvalue weighted by Gasteiger charge is -2.27. The highest BCUT2D eigenvalue weighted by Crippen LogP contribution is 2.44. The van der Waals surface area contributed by atoms with E-state index in [9.17, 15) is 26.4 Å². The van der Waals surface area contributed by atoms with Crippen molar-refractivity contribution < 1.29 is 35.9 Å². The van der Waals surface area contributed by atoms with Gasteiger partial charge < -0.3 is 40.5 Å². The summed E-state index contributed by atoms with van der Waals surface area (Å²) in [4.78, 5) is 28.8. The molecular weight excluding hydrogens is 1120 g/mol. The van der Waals surface area contributed by atoms with Gasteiger partial charge in [0.2, 0.25) is 20.9 Å². The highest BCUT2D eigenvalue weighted by molar-refractivity contribution is 7.89. The first-order valence-corrected chi connectivity index (χ1v) is 31.3. The maximum absolute atomic E-state index is 13.0. The lowest BCUT2D eigenvalue weighted by Crippen LogP contribution is -2.38. The number of anilines is 1. The van der Waals surface area contributed by atoms with Crippen molar-refractivity contribution in [3.63, 3.8) is 0 Å². The lowest BCUT2D eigenvalue weighted by molar-refractivity contribution is 0.111. The average Bonchev–Trinajstić information content (AvgIpc) is 4.11. The highest BCUT2D eigenvalue weighted by Gasteiger charge is 2.39. The van der Waals surface area contributed by atoms with Crippen molar-refractivity contribution in [2.24, 2.45) is 0 Å². The summed E-state index contributed by atoms with van der Waals surface area (Å²) in [5.74, 6) is 1.19. The molecule has 430 valence electrons. The number of ether oxygens (including phenoxy) is 2. The Morgan fingerprint density at radius 1 is 0.538 bits per heavy atom. The van der Waals surface area contributed by atoms with Crippen molar-refractivity contribution >= 4 is 85.1 Å². The van der Waals surface area contributed by atoms with Gasteiger partial charge in [0.05, 0.1) is 22.7 Å². The van der Waals surface area contributed by atoms with Crippen LogP contribution in [0.15, 0.2) is 77.7 Å². The molecule has 0 aliphatic heterocycles. The van der Waals surface area contributed by atoms with E-state index < -0.39 is 20.9 Å². The summed E-state index contributed by atoms with van der Waals surface area (Å²) >= 11 is 25.7. The molecule has 4 aromatic rings. The van der Waals surface area contributed by atoms with E-state index in [2.05, 4.69) is 35.8 Å². The van der Waals surface area contributed by atoms with Crippen molar-refractivity contribution in [1.82, 2.24) is 35.8 Å². The van der Waals surface area contributed by atoms with E-state index in [-0.39, 0.29) is 41.2 Å². The maximum Gasteiger partial charge on any atom is 0.314 e. The molecule has 6 rings (SSSR count). The van der Waals surface area contributed by atoms with E-state index in [0.717, 1.165) is 125 Å². The monoisotopic (exact) mass is 1190 g/mol. The van der Waals surface area contributed by atoms with E-state index in [4.69, 9.17) is 55.9 Å². The number of rotatable bonds is 33. The number of hydrogen-bond acceptors (Lipinski definition) is 10. The molecule has 0 bridgehead atoms. The van der Waals surface area contributed by atoms with Gasteiger partial charge in [0, 0.05) is 70.5 Å². The fourth-order valence-corrected chi connectivity index (χ4v) is 12.8. The van der Waals surface area contributed by atoms with Gasteiger partial charge in [0.15, 0.2) is 0 Å². The molecule has 0 unspecified atom stereocenters. The molecule has 0 aromatic heterocycles. The Balaban J connectivity index is 0.708. The Kier molecular flexibility index (Phi) is 25.6. The second-order valence-corrected chi connectivity index (χ2v) is 24.9. The first-order valence-electron chi connectivity index (χ1n) is 27.2. The molecule has 2 aliphatic carbocycles. The summed E-state index contributed by atoms with van der Waals surface area (Å²) in [6.07, 6.45) is 13.1. The van der Waals surface area contributed by atoms with Crippen LogP contribution in [0.25, 0.3) is 0 Å². The van der Waals surface area contributed by atoms with Crippen LogP contribution in [0.5, 0.6) is 11.5 Å². The highest BCUT2D eigenvalue weighted by atomic mass is 35.5. The Hall–Kier alpha value is -4.24. The van der Waals surface area contributed by atoms with Gasteiger partial charge in [0.1, 0.15) is 23.7 Å². The van der Waals surface area contributed by atoms with Gasteiger partial charge in [-0.05, 0) is 163 Å². The molecular formula is C56H78Cl4N8O8S2. The van der Waals surface area contributed by atoms with Crippen LogP contribution < -0.4 is 39.8 Å². The minimum absolute atomic E-state index is 0.0446. The first kappa shape index (κ1) is 62.9. The van der Waals surface area contributed by atoms with Crippen LogP contribution in [0.3, 0.4) is 0 Å². The maximum atomic E-state index is 13.0. The van der Waals surface area contributed by atoms with Crippen molar-refractivity contribution in [2.45, 2.75) is 132 Å². The molecule has 0 saturated heterocycles. The number of amides is 4. The number of halogens is 4. The van der Waals surface area contributed by atoms with Crippen molar-refractivity contribution in [2.75, 3.05) is 71.8 Å². The molecule has 0 heterocycles. The number of unbranched alkanes of at least 4 members (excludes halogenated alkanes) is 11. The van der Waals surface area contributed by atoms with Gasteiger partial charge in [-0.25, -0.2) is 31.1 Å². The number of nitrogens with zero attached hydrogens (tertiary/aromatic N) is 3. The zero-order valence-electron chi connectivity index (χ0n) is 45.3. The molecule has 5 N–H and O–H groups in total. The molecule has 0 saturated carbocycles. The number of thiol groups is 1. The molecule has 0 radical (unpaired) electrons. The van der Waals surface area contributed by atoms with E-state index in [1.807, 2.05) is 40.3 Å². The number of urea groups is 2. The van der Waals surface area contributed by atoms with Crippen molar-refractivity contribution in [3.8, 4) is 11.5 Å². The molecule has 4 aromatic carbocycles.